The van der Waals surface area contributed by atoms with Crippen LogP contribution < -0.4 is 5.69 Å². The Morgan fingerprint density at radius 3 is 2.35 bits per heavy atom. The Morgan fingerprint density at radius 1 is 0.896 bits per heavy atom. The molecule has 1 amide bonds. The number of carbonyl (C=O) groups excluding carboxylic acids is 2. The summed E-state index contributed by atoms with van der Waals surface area (Å²) < 4.78 is 14.2. The predicted octanol–water partition coefficient (Wildman–Crippen LogP) is 6.53. The van der Waals surface area contributed by atoms with Crippen LogP contribution in [0.4, 0.5) is 4.79 Å². The van der Waals surface area contributed by atoms with Crippen molar-refractivity contribution in [2.75, 3.05) is 19.7 Å². The monoisotopic (exact) mass is 643 g/mol. The molecule has 10 heteroatoms. The lowest BCUT2D eigenvalue weighted by Gasteiger charge is -2.49. The molecule has 1 aliphatic heterocycles. The van der Waals surface area contributed by atoms with Gasteiger partial charge in [-0.1, -0.05) is 36.4 Å². The lowest BCUT2D eigenvalue weighted by atomic mass is 9.71. The number of imidazole rings is 1. The minimum absolute atomic E-state index is 0.121. The molecular weight excluding hydrogens is 606 g/mol. The summed E-state index contributed by atoms with van der Waals surface area (Å²) in [5.74, 6) is -0.327. The number of amides is 1. The molecule has 48 heavy (non-hydrogen) atoms. The molecule has 0 N–H and O–H groups in total. The molecule has 7 rings (SSSR count). The van der Waals surface area contributed by atoms with Crippen LogP contribution in [-0.4, -0.2) is 61.4 Å². The highest BCUT2D eigenvalue weighted by atomic mass is 16.6. The van der Waals surface area contributed by atoms with Crippen LogP contribution in [0.3, 0.4) is 0 Å². The molecule has 3 aromatic carbocycles. The summed E-state index contributed by atoms with van der Waals surface area (Å²) in [6.45, 7) is 8.15. The third kappa shape index (κ3) is 5.46. The Kier molecular flexibility index (Phi) is 7.53. The summed E-state index contributed by atoms with van der Waals surface area (Å²) in [5.41, 5.74) is 5.17. The van der Waals surface area contributed by atoms with Crippen molar-refractivity contribution in [3.63, 3.8) is 0 Å². The van der Waals surface area contributed by atoms with Crippen LogP contribution in [0.5, 0.6) is 0 Å². The van der Waals surface area contributed by atoms with Gasteiger partial charge >= 0.3 is 17.8 Å². The van der Waals surface area contributed by atoms with Crippen LogP contribution in [0.1, 0.15) is 39.7 Å². The SMILES string of the molecule is CCOC(=O)CC1(c2ccc(-n3c(=O)n(C)c4cnc5ccc(-c6cnc7ccccc7c6)cc5c43)cc2)CN(C(=O)OC(C)(C)C)C1. The summed E-state index contributed by atoms with van der Waals surface area (Å²) in [7, 11) is 1.74. The Balaban J connectivity index is 1.29. The van der Waals surface area contributed by atoms with Crippen molar-refractivity contribution in [1.82, 2.24) is 24.0 Å². The predicted molar refractivity (Wildman–Crippen MR) is 185 cm³/mol. The summed E-state index contributed by atoms with van der Waals surface area (Å²) in [6.07, 6.45) is 3.30. The quantitative estimate of drug-likeness (QED) is 0.190. The molecule has 0 unspecified atom stereocenters. The van der Waals surface area contributed by atoms with Gasteiger partial charge in [0, 0.05) is 48.1 Å². The minimum atomic E-state index is -0.634. The first-order chi connectivity index (χ1) is 23.0. The third-order valence-electron chi connectivity index (χ3n) is 8.97. The molecule has 10 nitrogen and oxygen atoms in total. The molecule has 244 valence electrons. The molecule has 1 aliphatic rings. The fourth-order valence-electron chi connectivity index (χ4n) is 6.63. The molecule has 0 aliphatic carbocycles. The van der Waals surface area contributed by atoms with Gasteiger partial charge in [0.2, 0.25) is 0 Å². The standard InChI is InChI=1S/C38H37N5O5/c1-6-47-33(44)19-38(22-42(23-38)36(46)48-37(2,3)4)27-12-14-28(15-13-27)43-34-29-18-24(26-17-25-9-7-8-10-30(25)39-20-26)11-16-31(29)40-21-32(34)41(5)35(43)45/h7-18,20-21H,6,19,22-23H2,1-5H3. The molecule has 6 aromatic rings. The van der Waals surface area contributed by atoms with E-state index in [1.807, 2.05) is 87.6 Å². The maximum atomic E-state index is 13.8. The highest BCUT2D eigenvalue weighted by molar-refractivity contribution is 6.05. The second kappa shape index (κ2) is 11.6. The number of fused-ring (bicyclic) bond motifs is 4. The van der Waals surface area contributed by atoms with Crippen molar-refractivity contribution < 1.29 is 19.1 Å². The molecule has 1 saturated heterocycles. The zero-order chi connectivity index (χ0) is 33.8. The van der Waals surface area contributed by atoms with Crippen LogP contribution >= 0.6 is 0 Å². The van der Waals surface area contributed by atoms with Gasteiger partial charge in [0.15, 0.2) is 0 Å². The number of benzene rings is 3. The number of esters is 1. The third-order valence-corrected chi connectivity index (χ3v) is 8.97. The number of aryl methyl sites for hydroxylation is 1. The van der Waals surface area contributed by atoms with Gasteiger partial charge in [-0.05, 0) is 75.2 Å². The highest BCUT2D eigenvalue weighted by Gasteiger charge is 2.49. The van der Waals surface area contributed by atoms with Crippen LogP contribution in [0.2, 0.25) is 0 Å². The molecule has 4 heterocycles. The van der Waals surface area contributed by atoms with E-state index in [2.05, 4.69) is 22.1 Å². The van der Waals surface area contributed by atoms with E-state index < -0.39 is 17.1 Å². The van der Waals surface area contributed by atoms with Gasteiger partial charge in [0.05, 0.1) is 47.0 Å². The van der Waals surface area contributed by atoms with Gasteiger partial charge in [0.1, 0.15) is 5.60 Å². The lowest BCUT2D eigenvalue weighted by molar-refractivity contribution is -0.146. The average Bonchev–Trinajstić information content (AvgIpc) is 3.31. The molecule has 0 saturated carbocycles. The average molecular weight is 644 g/mol. The van der Waals surface area contributed by atoms with E-state index in [1.165, 1.54) is 0 Å². The maximum Gasteiger partial charge on any atom is 0.410 e. The summed E-state index contributed by atoms with van der Waals surface area (Å²) in [4.78, 5) is 50.2. The van der Waals surface area contributed by atoms with Gasteiger partial charge in [0.25, 0.3) is 0 Å². The number of hydrogen-bond acceptors (Lipinski definition) is 7. The van der Waals surface area contributed by atoms with E-state index in [4.69, 9.17) is 9.47 Å². The molecule has 3 aromatic heterocycles. The number of pyridine rings is 2. The second-order valence-corrected chi connectivity index (χ2v) is 13.5. The van der Waals surface area contributed by atoms with Gasteiger partial charge in [-0.15, -0.1) is 0 Å². The van der Waals surface area contributed by atoms with E-state index in [1.54, 1.807) is 34.2 Å². The van der Waals surface area contributed by atoms with Crippen LogP contribution in [0, 0.1) is 0 Å². The molecule has 0 bridgehead atoms. The number of hydrogen-bond donors (Lipinski definition) is 0. The molecule has 0 spiro atoms. The molecule has 0 atom stereocenters. The highest BCUT2D eigenvalue weighted by Crippen LogP contribution is 2.40. The topological polar surface area (TPSA) is 109 Å². The van der Waals surface area contributed by atoms with Crippen molar-refractivity contribution in [3.8, 4) is 16.8 Å². The molecular formula is C38H37N5O5. The van der Waals surface area contributed by atoms with Crippen molar-refractivity contribution in [2.24, 2.45) is 7.05 Å². The Bertz CT molecular complexity index is 2270. The van der Waals surface area contributed by atoms with E-state index in [9.17, 15) is 14.4 Å². The van der Waals surface area contributed by atoms with Gasteiger partial charge in [-0.3, -0.25) is 23.9 Å². The zero-order valence-corrected chi connectivity index (χ0v) is 27.7. The summed E-state index contributed by atoms with van der Waals surface area (Å²) in [6, 6.07) is 23.8. The van der Waals surface area contributed by atoms with Crippen molar-refractivity contribution >= 4 is 44.9 Å². The normalized spacial score (nSPS) is 14.3. The number of ether oxygens (including phenoxy) is 2. The van der Waals surface area contributed by atoms with Crippen molar-refractivity contribution in [1.29, 1.82) is 0 Å². The van der Waals surface area contributed by atoms with Crippen LogP contribution in [0.15, 0.2) is 90.0 Å². The largest absolute Gasteiger partial charge is 0.466 e. The number of para-hydroxylation sites is 1. The second-order valence-electron chi connectivity index (χ2n) is 13.5. The zero-order valence-electron chi connectivity index (χ0n) is 27.7. The maximum absolute atomic E-state index is 13.8. The smallest absolute Gasteiger partial charge is 0.410 e. The number of nitrogens with zero attached hydrogens (tertiary/aromatic N) is 5. The fourth-order valence-corrected chi connectivity index (χ4v) is 6.63. The Labute approximate surface area is 277 Å². The number of carbonyl (C=O) groups is 2. The van der Waals surface area contributed by atoms with Crippen LogP contribution in [-0.2, 0) is 26.7 Å². The van der Waals surface area contributed by atoms with Gasteiger partial charge < -0.3 is 14.4 Å². The fraction of sp³-hybridized carbons (Fsp3) is 0.289. The lowest BCUT2D eigenvalue weighted by Crippen LogP contribution is -2.62. The van der Waals surface area contributed by atoms with Gasteiger partial charge in [-0.25, -0.2) is 9.59 Å². The first kappa shape index (κ1) is 31.1. The van der Waals surface area contributed by atoms with Crippen LogP contribution in [0.25, 0.3) is 49.7 Å². The first-order valence-electron chi connectivity index (χ1n) is 16.1. The van der Waals surface area contributed by atoms with E-state index in [0.717, 1.165) is 44.0 Å². The number of aromatic nitrogens is 4. The number of rotatable bonds is 6. The first-order valence-corrected chi connectivity index (χ1v) is 16.1. The molecule has 1 fully saturated rings. The Morgan fingerprint density at radius 2 is 1.62 bits per heavy atom. The van der Waals surface area contributed by atoms with E-state index in [-0.39, 0.29) is 24.7 Å². The Hall–Kier alpha value is -5.51. The molecule has 0 radical (unpaired) electrons. The minimum Gasteiger partial charge on any atom is -0.466 e. The van der Waals surface area contributed by atoms with Crippen molar-refractivity contribution in [3.05, 3.63) is 101 Å². The van der Waals surface area contributed by atoms with E-state index in [0.29, 0.717) is 24.3 Å². The number of likely N-dealkylation sites (tertiary alicyclic amines) is 1. The summed E-state index contributed by atoms with van der Waals surface area (Å²) in [5, 5.41) is 1.88. The van der Waals surface area contributed by atoms with Crippen molar-refractivity contribution in [2.45, 2.75) is 45.1 Å². The van der Waals surface area contributed by atoms with Gasteiger partial charge in [-0.2, -0.15) is 0 Å². The van der Waals surface area contributed by atoms with E-state index >= 15 is 0 Å². The summed E-state index contributed by atoms with van der Waals surface area (Å²) >= 11 is 0.